The van der Waals surface area contributed by atoms with Crippen LogP contribution in [-0.4, -0.2) is 27.5 Å². The summed E-state index contributed by atoms with van der Waals surface area (Å²) in [4.78, 5) is 13.4. The number of carbonyl (C=O) groups is 1. The first-order valence-electron chi connectivity index (χ1n) is 9.44. The van der Waals surface area contributed by atoms with Crippen LogP contribution in [0.25, 0.3) is 0 Å². The third-order valence-corrected chi connectivity index (χ3v) is 6.76. The number of hydrogen-bond acceptors (Lipinski definition) is 5. The molecule has 0 saturated heterocycles. The first-order chi connectivity index (χ1) is 14.7. The highest BCUT2D eigenvalue weighted by molar-refractivity contribution is 9.10. The Bertz CT molecular complexity index is 1160. The summed E-state index contributed by atoms with van der Waals surface area (Å²) in [6.07, 6.45) is -1.06. The van der Waals surface area contributed by atoms with E-state index in [1.807, 2.05) is 13.0 Å². The summed E-state index contributed by atoms with van der Waals surface area (Å²) in [5.74, 6) is 0.269. The molecule has 3 rings (SSSR count). The fraction of sp³-hybridized carbons (Fsp3) is 0.174. The van der Waals surface area contributed by atoms with Gasteiger partial charge in [-0.25, -0.2) is 8.42 Å². The van der Waals surface area contributed by atoms with Crippen molar-refractivity contribution in [1.82, 2.24) is 0 Å². The number of rotatable bonds is 7. The summed E-state index contributed by atoms with van der Waals surface area (Å²) in [6, 6.07) is 19.6. The summed E-state index contributed by atoms with van der Waals surface area (Å²) < 4.78 is 39.4. The highest BCUT2D eigenvalue weighted by Crippen LogP contribution is 2.28. The first-order valence-corrected chi connectivity index (χ1v) is 11.7. The van der Waals surface area contributed by atoms with Crippen LogP contribution in [0.15, 0.2) is 82.2 Å². The second-order valence-electron chi connectivity index (χ2n) is 6.84. The third-order valence-electron chi connectivity index (χ3n) is 4.52. The maximum atomic E-state index is 13.5. The van der Waals surface area contributed by atoms with E-state index in [-0.39, 0.29) is 10.6 Å². The van der Waals surface area contributed by atoms with E-state index in [2.05, 4.69) is 15.9 Å². The number of aryl methyl sites for hydroxylation is 1. The van der Waals surface area contributed by atoms with Gasteiger partial charge in [0.1, 0.15) is 11.5 Å². The molecule has 8 heteroatoms. The van der Waals surface area contributed by atoms with Crippen molar-refractivity contribution in [1.29, 1.82) is 0 Å². The van der Waals surface area contributed by atoms with Crippen LogP contribution in [0.3, 0.4) is 0 Å². The van der Waals surface area contributed by atoms with Crippen LogP contribution in [-0.2, 0) is 14.8 Å². The maximum Gasteiger partial charge on any atom is 0.281 e. The Morgan fingerprint density at radius 1 is 0.968 bits per heavy atom. The molecule has 0 spiro atoms. The van der Waals surface area contributed by atoms with E-state index in [1.54, 1.807) is 42.5 Å². The molecule has 0 bridgehead atoms. The molecule has 0 radical (unpaired) electrons. The minimum atomic E-state index is -4.18. The summed E-state index contributed by atoms with van der Waals surface area (Å²) in [6.45, 7) is 3.38. The summed E-state index contributed by atoms with van der Waals surface area (Å²) >= 11 is 3.35. The van der Waals surface area contributed by atoms with E-state index in [9.17, 15) is 13.2 Å². The van der Waals surface area contributed by atoms with Crippen molar-refractivity contribution in [3.63, 3.8) is 0 Å². The smallest absolute Gasteiger partial charge is 0.281 e. The molecule has 3 aromatic carbocycles. The zero-order chi connectivity index (χ0) is 22.6. The number of methoxy groups -OCH3 is 1. The third kappa shape index (κ3) is 5.26. The van der Waals surface area contributed by atoms with Crippen molar-refractivity contribution < 1.29 is 22.7 Å². The molecule has 0 fully saturated rings. The number of nitrogens with zero attached hydrogens (tertiary/aromatic N) is 1. The lowest BCUT2D eigenvalue weighted by molar-refractivity contribution is -0.123. The number of hydrogen-bond donors (Lipinski definition) is 0. The number of benzene rings is 3. The fourth-order valence-electron chi connectivity index (χ4n) is 2.88. The molecular weight excluding hydrogens is 482 g/mol. The zero-order valence-electron chi connectivity index (χ0n) is 17.3. The molecule has 31 heavy (non-hydrogen) atoms. The van der Waals surface area contributed by atoms with Gasteiger partial charge in [-0.2, -0.15) is 4.31 Å². The average Bonchev–Trinajstić information content (AvgIpc) is 2.74. The summed E-state index contributed by atoms with van der Waals surface area (Å²) in [7, 11) is -2.67. The summed E-state index contributed by atoms with van der Waals surface area (Å²) in [5, 5.41) is 0. The Morgan fingerprint density at radius 3 is 2.19 bits per heavy atom. The second kappa shape index (κ2) is 9.53. The van der Waals surface area contributed by atoms with E-state index < -0.39 is 22.0 Å². The molecule has 0 aliphatic rings. The van der Waals surface area contributed by atoms with E-state index in [1.165, 1.54) is 38.3 Å². The molecule has 1 unspecified atom stereocenters. The van der Waals surface area contributed by atoms with Crippen molar-refractivity contribution >= 4 is 37.5 Å². The van der Waals surface area contributed by atoms with E-state index >= 15 is 0 Å². The van der Waals surface area contributed by atoms with Gasteiger partial charge in [0.25, 0.3) is 15.9 Å². The van der Waals surface area contributed by atoms with Crippen molar-refractivity contribution in [2.45, 2.75) is 24.8 Å². The highest BCUT2D eigenvalue weighted by Gasteiger charge is 2.35. The lowest BCUT2D eigenvalue weighted by Gasteiger charge is -2.26. The Morgan fingerprint density at radius 2 is 1.61 bits per heavy atom. The molecular formula is C23H22BrNO5S. The number of sulfonamides is 1. The van der Waals surface area contributed by atoms with Gasteiger partial charge in [-0.15, -0.1) is 0 Å². The summed E-state index contributed by atoms with van der Waals surface area (Å²) in [5.41, 5.74) is 1.10. The molecule has 162 valence electrons. The quantitative estimate of drug-likeness (QED) is 0.455. The van der Waals surface area contributed by atoms with Crippen LogP contribution in [0, 0.1) is 6.92 Å². The van der Waals surface area contributed by atoms with Crippen molar-refractivity contribution in [2.75, 3.05) is 11.4 Å². The molecule has 0 aliphatic heterocycles. The van der Waals surface area contributed by atoms with Crippen LogP contribution < -0.4 is 13.8 Å². The van der Waals surface area contributed by atoms with Gasteiger partial charge in [0.05, 0.1) is 17.7 Å². The predicted octanol–water partition coefficient (Wildman–Crippen LogP) is 4.96. The molecule has 0 aromatic heterocycles. The maximum absolute atomic E-state index is 13.5. The Labute approximate surface area is 190 Å². The monoisotopic (exact) mass is 503 g/mol. The fourth-order valence-corrected chi connectivity index (χ4v) is 4.73. The number of carbonyl (C=O) groups excluding carboxylic acids is 1. The molecule has 6 nitrogen and oxygen atoms in total. The van der Waals surface area contributed by atoms with Crippen LogP contribution in [0.2, 0.25) is 0 Å². The highest BCUT2D eigenvalue weighted by atomic mass is 79.9. The van der Waals surface area contributed by atoms with Crippen LogP contribution >= 0.6 is 15.9 Å². The molecule has 0 aliphatic carbocycles. The second-order valence-corrected chi connectivity index (χ2v) is 9.54. The van der Waals surface area contributed by atoms with Crippen LogP contribution in [0.5, 0.6) is 11.5 Å². The van der Waals surface area contributed by atoms with Gasteiger partial charge in [-0.05, 0) is 68.4 Å². The van der Waals surface area contributed by atoms with Gasteiger partial charge in [0.15, 0.2) is 6.10 Å². The average molecular weight is 504 g/mol. The van der Waals surface area contributed by atoms with Gasteiger partial charge < -0.3 is 9.47 Å². The van der Waals surface area contributed by atoms with E-state index in [4.69, 9.17) is 9.47 Å². The Kier molecular flexibility index (Phi) is 7.02. The number of amides is 1. The zero-order valence-corrected chi connectivity index (χ0v) is 19.7. The Balaban J connectivity index is 2.01. The topological polar surface area (TPSA) is 72.9 Å². The Hall–Kier alpha value is -2.84. The molecule has 3 aromatic rings. The SMILES string of the molecule is COc1ccc(N(C(=O)C(C)Oc2cccc(Br)c2)S(=O)(=O)c2ccc(C)cc2)cc1. The van der Waals surface area contributed by atoms with Gasteiger partial charge >= 0.3 is 0 Å². The van der Waals surface area contributed by atoms with Crippen molar-refractivity contribution in [2.24, 2.45) is 0 Å². The number of anilines is 1. The standard InChI is InChI=1S/C23H22BrNO5S/c1-16-7-13-22(14-8-16)31(27,28)25(19-9-11-20(29-3)12-10-19)23(26)17(2)30-21-6-4-5-18(24)15-21/h4-15,17H,1-3H3. The lowest BCUT2D eigenvalue weighted by atomic mass is 10.2. The number of halogens is 1. The van der Waals surface area contributed by atoms with Gasteiger partial charge in [0, 0.05) is 4.47 Å². The van der Waals surface area contributed by atoms with Crippen molar-refractivity contribution in [3.8, 4) is 11.5 Å². The molecule has 0 heterocycles. The van der Waals surface area contributed by atoms with E-state index in [0.29, 0.717) is 11.5 Å². The molecule has 1 amide bonds. The van der Waals surface area contributed by atoms with Crippen LogP contribution in [0.1, 0.15) is 12.5 Å². The van der Waals surface area contributed by atoms with Gasteiger partial charge in [0.2, 0.25) is 0 Å². The molecule has 0 N–H and O–H groups in total. The minimum Gasteiger partial charge on any atom is -0.497 e. The lowest BCUT2D eigenvalue weighted by Crippen LogP contribution is -2.44. The van der Waals surface area contributed by atoms with Gasteiger partial charge in [-0.1, -0.05) is 39.7 Å². The molecule has 1 atom stereocenters. The minimum absolute atomic E-state index is 0.0110. The molecule has 0 saturated carbocycles. The van der Waals surface area contributed by atoms with Crippen molar-refractivity contribution in [3.05, 3.63) is 82.8 Å². The normalized spacial score (nSPS) is 12.1. The van der Waals surface area contributed by atoms with Gasteiger partial charge in [-0.3, -0.25) is 4.79 Å². The largest absolute Gasteiger partial charge is 0.497 e. The predicted molar refractivity (Wildman–Crippen MR) is 123 cm³/mol. The van der Waals surface area contributed by atoms with E-state index in [0.717, 1.165) is 14.3 Å². The first kappa shape index (κ1) is 22.8. The number of ether oxygens (including phenoxy) is 2. The van der Waals surface area contributed by atoms with Crippen LogP contribution in [0.4, 0.5) is 5.69 Å².